The molecule has 0 bridgehead atoms. The zero-order valence-electron chi connectivity index (χ0n) is 19.4. The summed E-state index contributed by atoms with van der Waals surface area (Å²) in [7, 11) is 0. The van der Waals surface area contributed by atoms with E-state index in [-0.39, 0.29) is 0 Å². The SMILES string of the molecule is CCCCOc1ccc([C@H]2CC[C@H](C#CC=C[C@H]3CC[C@H](CCC)CC3)CC2)cc1. The summed E-state index contributed by atoms with van der Waals surface area (Å²) in [6.45, 7) is 5.34. The Balaban J connectivity index is 1.37. The lowest BCUT2D eigenvalue weighted by Crippen LogP contribution is -2.12. The molecule has 0 aromatic heterocycles. The summed E-state index contributed by atoms with van der Waals surface area (Å²) in [4.78, 5) is 0. The molecular weight excluding hydrogens is 364 g/mol. The summed E-state index contributed by atoms with van der Waals surface area (Å²) in [6, 6.07) is 8.85. The van der Waals surface area contributed by atoms with Gasteiger partial charge in [-0.25, -0.2) is 0 Å². The number of ether oxygens (including phenoxy) is 1. The maximum Gasteiger partial charge on any atom is 0.119 e. The molecule has 0 heterocycles. The molecule has 0 N–H and O–H groups in total. The van der Waals surface area contributed by atoms with Crippen LogP contribution in [0.1, 0.15) is 102 Å². The topological polar surface area (TPSA) is 9.23 Å². The summed E-state index contributed by atoms with van der Waals surface area (Å²) in [5, 5.41) is 0. The second-order valence-corrected chi connectivity index (χ2v) is 9.54. The minimum atomic E-state index is 0.586. The van der Waals surface area contributed by atoms with Crippen molar-refractivity contribution in [2.75, 3.05) is 6.61 Å². The van der Waals surface area contributed by atoms with E-state index in [4.69, 9.17) is 4.74 Å². The van der Waals surface area contributed by atoms with Gasteiger partial charge in [-0.1, -0.05) is 63.2 Å². The lowest BCUT2D eigenvalue weighted by molar-refractivity contribution is 0.294. The second kappa shape index (κ2) is 12.9. The Morgan fingerprint density at radius 1 is 0.900 bits per heavy atom. The highest BCUT2D eigenvalue weighted by Gasteiger charge is 2.21. The Bertz CT molecular complexity index is 673. The number of allylic oxidation sites excluding steroid dienone is 2. The average molecular weight is 407 g/mol. The van der Waals surface area contributed by atoms with Crippen LogP contribution in [0.2, 0.25) is 0 Å². The lowest BCUT2D eigenvalue weighted by Gasteiger charge is -2.26. The quantitative estimate of drug-likeness (QED) is 0.311. The van der Waals surface area contributed by atoms with Crippen LogP contribution in [-0.2, 0) is 0 Å². The molecule has 2 aliphatic carbocycles. The van der Waals surface area contributed by atoms with Gasteiger partial charge in [0.25, 0.3) is 0 Å². The molecule has 0 aliphatic heterocycles. The van der Waals surface area contributed by atoms with E-state index in [0.29, 0.717) is 11.8 Å². The largest absolute Gasteiger partial charge is 0.494 e. The second-order valence-electron chi connectivity index (χ2n) is 9.54. The number of unbranched alkanes of at least 4 members (excludes halogenated alkanes) is 1. The first-order chi connectivity index (χ1) is 14.8. The molecule has 1 aromatic carbocycles. The van der Waals surface area contributed by atoms with Gasteiger partial charge in [0, 0.05) is 5.92 Å². The fraction of sp³-hybridized carbons (Fsp3) is 0.655. The highest BCUT2D eigenvalue weighted by atomic mass is 16.5. The van der Waals surface area contributed by atoms with E-state index in [1.807, 2.05) is 0 Å². The van der Waals surface area contributed by atoms with Crippen molar-refractivity contribution in [3.8, 4) is 17.6 Å². The molecule has 0 radical (unpaired) electrons. The third-order valence-electron chi connectivity index (χ3n) is 7.17. The first-order valence-corrected chi connectivity index (χ1v) is 12.7. The Morgan fingerprint density at radius 2 is 1.63 bits per heavy atom. The van der Waals surface area contributed by atoms with Gasteiger partial charge >= 0.3 is 0 Å². The molecule has 164 valence electrons. The average Bonchev–Trinajstić information content (AvgIpc) is 2.79. The first-order valence-electron chi connectivity index (χ1n) is 12.7. The zero-order chi connectivity index (χ0) is 21.0. The Morgan fingerprint density at radius 3 is 2.30 bits per heavy atom. The normalized spacial score (nSPS) is 26.9. The standard InChI is InChI=1S/C29H42O/c1-3-5-23-30-29-21-19-28(20-22-29)27-17-15-26(16-18-27)10-7-6-9-25-13-11-24(8-4-2)12-14-25/h6,9,19-22,24-27H,3-5,8,11-18,23H2,1-2H3/t24-,25-,26-,27-. The smallest absolute Gasteiger partial charge is 0.119 e. The van der Waals surface area contributed by atoms with Gasteiger partial charge in [-0.05, 0) is 99.3 Å². The van der Waals surface area contributed by atoms with E-state index < -0.39 is 0 Å². The van der Waals surface area contributed by atoms with Gasteiger partial charge in [0.15, 0.2) is 0 Å². The third kappa shape index (κ3) is 7.54. The molecule has 2 aliphatic rings. The van der Waals surface area contributed by atoms with E-state index >= 15 is 0 Å². The first kappa shape index (κ1) is 23.0. The van der Waals surface area contributed by atoms with E-state index in [9.17, 15) is 0 Å². The molecule has 1 nitrogen and oxygen atoms in total. The minimum Gasteiger partial charge on any atom is -0.494 e. The van der Waals surface area contributed by atoms with E-state index in [1.54, 1.807) is 0 Å². The van der Waals surface area contributed by atoms with Crippen LogP contribution in [0.25, 0.3) is 0 Å². The van der Waals surface area contributed by atoms with Crippen molar-refractivity contribution < 1.29 is 4.74 Å². The minimum absolute atomic E-state index is 0.586. The highest BCUT2D eigenvalue weighted by molar-refractivity contribution is 5.30. The van der Waals surface area contributed by atoms with Crippen LogP contribution in [-0.4, -0.2) is 6.61 Å². The van der Waals surface area contributed by atoms with Gasteiger partial charge < -0.3 is 4.74 Å². The Hall–Kier alpha value is -1.68. The van der Waals surface area contributed by atoms with Crippen LogP contribution in [0, 0.1) is 29.6 Å². The van der Waals surface area contributed by atoms with Crippen LogP contribution in [0.15, 0.2) is 36.4 Å². The summed E-state index contributed by atoms with van der Waals surface area (Å²) in [6.07, 6.45) is 20.2. The predicted octanol–water partition coefficient (Wildman–Crippen LogP) is 8.31. The zero-order valence-corrected chi connectivity index (χ0v) is 19.4. The van der Waals surface area contributed by atoms with Crippen LogP contribution in [0.5, 0.6) is 5.75 Å². The van der Waals surface area contributed by atoms with E-state index in [2.05, 4.69) is 62.1 Å². The highest BCUT2D eigenvalue weighted by Crippen LogP contribution is 2.36. The molecule has 2 saturated carbocycles. The fourth-order valence-electron chi connectivity index (χ4n) is 5.17. The lowest BCUT2D eigenvalue weighted by atomic mass is 9.79. The van der Waals surface area contributed by atoms with Gasteiger partial charge in [-0.2, -0.15) is 0 Å². The summed E-state index contributed by atoms with van der Waals surface area (Å²) in [5.41, 5.74) is 1.47. The molecule has 0 unspecified atom stereocenters. The molecule has 0 spiro atoms. The van der Waals surface area contributed by atoms with Gasteiger partial charge in [0.05, 0.1) is 6.61 Å². The molecular formula is C29H42O. The maximum atomic E-state index is 5.80. The van der Waals surface area contributed by atoms with Crippen molar-refractivity contribution in [3.63, 3.8) is 0 Å². The maximum absolute atomic E-state index is 5.80. The van der Waals surface area contributed by atoms with Crippen molar-refractivity contribution in [2.24, 2.45) is 17.8 Å². The van der Waals surface area contributed by atoms with Crippen molar-refractivity contribution in [2.45, 2.75) is 96.8 Å². The number of rotatable bonds is 8. The number of hydrogen-bond donors (Lipinski definition) is 0. The van der Waals surface area contributed by atoms with E-state index in [0.717, 1.165) is 30.6 Å². The molecule has 2 fully saturated rings. The van der Waals surface area contributed by atoms with Gasteiger partial charge in [0.1, 0.15) is 5.75 Å². The molecule has 30 heavy (non-hydrogen) atoms. The summed E-state index contributed by atoms with van der Waals surface area (Å²) >= 11 is 0. The van der Waals surface area contributed by atoms with Crippen molar-refractivity contribution in [1.29, 1.82) is 0 Å². The van der Waals surface area contributed by atoms with Crippen LogP contribution >= 0.6 is 0 Å². The summed E-state index contributed by atoms with van der Waals surface area (Å²) in [5.74, 6) is 11.0. The number of benzene rings is 1. The molecule has 0 saturated heterocycles. The van der Waals surface area contributed by atoms with Crippen LogP contribution in [0.4, 0.5) is 0 Å². The van der Waals surface area contributed by atoms with Crippen LogP contribution in [0.3, 0.4) is 0 Å². The van der Waals surface area contributed by atoms with Crippen LogP contribution < -0.4 is 4.74 Å². The van der Waals surface area contributed by atoms with Gasteiger partial charge in [-0.15, -0.1) is 0 Å². The molecule has 0 amide bonds. The Labute approximate surface area is 185 Å². The molecule has 1 heteroatoms. The monoisotopic (exact) mass is 406 g/mol. The van der Waals surface area contributed by atoms with Crippen molar-refractivity contribution in [3.05, 3.63) is 42.0 Å². The third-order valence-corrected chi connectivity index (χ3v) is 7.17. The fourth-order valence-corrected chi connectivity index (χ4v) is 5.17. The Kier molecular flexibility index (Phi) is 9.88. The molecule has 3 rings (SSSR count). The van der Waals surface area contributed by atoms with Crippen molar-refractivity contribution in [1.82, 2.24) is 0 Å². The predicted molar refractivity (Wildman–Crippen MR) is 129 cm³/mol. The number of hydrogen-bond acceptors (Lipinski definition) is 1. The van der Waals surface area contributed by atoms with E-state index in [1.165, 1.54) is 76.2 Å². The van der Waals surface area contributed by atoms with Crippen molar-refractivity contribution >= 4 is 0 Å². The summed E-state index contributed by atoms with van der Waals surface area (Å²) < 4.78 is 5.80. The molecule has 1 aromatic rings. The van der Waals surface area contributed by atoms with Gasteiger partial charge in [-0.3, -0.25) is 0 Å². The van der Waals surface area contributed by atoms with Gasteiger partial charge in [0.2, 0.25) is 0 Å². The molecule has 0 atom stereocenters.